The van der Waals surface area contributed by atoms with Gasteiger partial charge < -0.3 is 14.8 Å². The number of nitrogens with one attached hydrogen (secondary N) is 1. The smallest absolute Gasteiger partial charge is 0.329 e. The molecule has 0 spiro atoms. The Morgan fingerprint density at radius 1 is 0.677 bits per heavy atom. The van der Waals surface area contributed by atoms with Crippen molar-refractivity contribution in [3.8, 4) is 0 Å². The molecule has 3 rings (SSSR count). The highest BCUT2D eigenvalue weighted by Gasteiger charge is 2.26. The number of amides is 1. The number of benzene rings is 3. The van der Waals surface area contributed by atoms with Crippen LogP contribution in [0.15, 0.2) is 91.0 Å². The second-order valence-electron chi connectivity index (χ2n) is 6.84. The van der Waals surface area contributed by atoms with Gasteiger partial charge in [0, 0.05) is 5.56 Å². The molecule has 0 unspecified atom stereocenters. The van der Waals surface area contributed by atoms with Crippen LogP contribution in [0.25, 0.3) is 0 Å². The van der Waals surface area contributed by atoms with Crippen LogP contribution in [0.3, 0.4) is 0 Å². The van der Waals surface area contributed by atoms with Crippen molar-refractivity contribution in [3.05, 3.63) is 108 Å². The van der Waals surface area contributed by atoms with E-state index in [1.165, 1.54) is 0 Å². The molecule has 0 saturated carbocycles. The third-order valence-electron chi connectivity index (χ3n) is 4.46. The second kappa shape index (κ2) is 11.3. The number of hydrogen-bond donors (Lipinski definition) is 1. The molecule has 3 aromatic carbocycles. The topological polar surface area (TPSA) is 81.7 Å². The molecule has 6 nitrogen and oxygen atoms in total. The Hall–Kier alpha value is -3.93. The van der Waals surface area contributed by atoms with E-state index in [9.17, 15) is 14.4 Å². The SMILES string of the molecule is O=C(C[C@H](NC(=O)c1ccccc1)C(=O)OCc1ccccc1)OCc1ccccc1. The Balaban J connectivity index is 1.63. The van der Waals surface area contributed by atoms with Crippen LogP contribution in [-0.4, -0.2) is 23.9 Å². The van der Waals surface area contributed by atoms with E-state index < -0.39 is 23.9 Å². The first-order valence-electron chi connectivity index (χ1n) is 9.88. The molecule has 0 aliphatic carbocycles. The molecule has 0 aromatic heterocycles. The minimum absolute atomic E-state index is 0.0381. The summed E-state index contributed by atoms with van der Waals surface area (Å²) in [6.45, 7) is 0.120. The zero-order valence-electron chi connectivity index (χ0n) is 16.9. The van der Waals surface area contributed by atoms with E-state index in [4.69, 9.17) is 9.47 Å². The summed E-state index contributed by atoms with van der Waals surface area (Å²) in [6.07, 6.45) is -0.334. The first kappa shape index (κ1) is 21.8. The van der Waals surface area contributed by atoms with Gasteiger partial charge in [-0.3, -0.25) is 9.59 Å². The van der Waals surface area contributed by atoms with Crippen molar-refractivity contribution in [2.24, 2.45) is 0 Å². The molecule has 0 saturated heterocycles. The number of rotatable bonds is 9. The van der Waals surface area contributed by atoms with E-state index in [2.05, 4.69) is 5.32 Å². The van der Waals surface area contributed by atoms with E-state index in [1.54, 1.807) is 30.3 Å². The van der Waals surface area contributed by atoms with Crippen LogP contribution in [0.1, 0.15) is 27.9 Å². The van der Waals surface area contributed by atoms with Crippen LogP contribution in [0.4, 0.5) is 0 Å². The van der Waals surface area contributed by atoms with Crippen molar-refractivity contribution < 1.29 is 23.9 Å². The van der Waals surface area contributed by atoms with Gasteiger partial charge in [0.25, 0.3) is 5.91 Å². The predicted octanol–water partition coefficient (Wildman–Crippen LogP) is 3.66. The van der Waals surface area contributed by atoms with Gasteiger partial charge in [0.15, 0.2) is 0 Å². The Kier molecular flexibility index (Phi) is 7.94. The molecule has 3 aromatic rings. The van der Waals surface area contributed by atoms with Crippen LogP contribution in [0, 0.1) is 0 Å². The minimum atomic E-state index is -1.17. The molecule has 1 amide bonds. The number of carbonyl (C=O) groups is 3. The summed E-state index contributed by atoms with van der Waals surface area (Å²) in [7, 11) is 0. The number of carbonyl (C=O) groups excluding carboxylic acids is 3. The summed E-state index contributed by atoms with van der Waals surface area (Å²) in [6, 6.07) is 25.6. The van der Waals surface area contributed by atoms with Crippen molar-refractivity contribution in [1.29, 1.82) is 0 Å². The summed E-state index contributed by atoms with van der Waals surface area (Å²) < 4.78 is 10.6. The van der Waals surface area contributed by atoms with Crippen LogP contribution < -0.4 is 5.32 Å². The van der Waals surface area contributed by atoms with E-state index in [1.807, 2.05) is 60.7 Å². The number of esters is 2. The molecule has 0 aliphatic rings. The first-order valence-corrected chi connectivity index (χ1v) is 9.88. The molecular weight excluding hydrogens is 394 g/mol. The van der Waals surface area contributed by atoms with Gasteiger partial charge in [-0.1, -0.05) is 78.9 Å². The Morgan fingerprint density at radius 3 is 1.71 bits per heavy atom. The normalized spacial score (nSPS) is 11.2. The molecule has 1 N–H and O–H groups in total. The highest BCUT2D eigenvalue weighted by molar-refractivity contribution is 5.97. The lowest BCUT2D eigenvalue weighted by Gasteiger charge is -2.17. The van der Waals surface area contributed by atoms with E-state index >= 15 is 0 Å². The maximum Gasteiger partial charge on any atom is 0.329 e. The Morgan fingerprint density at radius 2 is 1.16 bits per heavy atom. The molecular formula is C25H23NO5. The first-order chi connectivity index (χ1) is 15.1. The van der Waals surface area contributed by atoms with Gasteiger partial charge >= 0.3 is 11.9 Å². The second-order valence-corrected chi connectivity index (χ2v) is 6.84. The zero-order valence-corrected chi connectivity index (χ0v) is 16.9. The number of hydrogen-bond acceptors (Lipinski definition) is 5. The summed E-state index contributed by atoms with van der Waals surface area (Å²) in [5.74, 6) is -1.79. The summed E-state index contributed by atoms with van der Waals surface area (Å²) >= 11 is 0. The molecule has 0 fully saturated rings. The van der Waals surface area contributed by atoms with Gasteiger partial charge in [-0.25, -0.2) is 4.79 Å². The lowest BCUT2D eigenvalue weighted by molar-refractivity contribution is -0.153. The van der Waals surface area contributed by atoms with Gasteiger partial charge in [-0.05, 0) is 23.3 Å². The predicted molar refractivity (Wildman–Crippen MR) is 115 cm³/mol. The van der Waals surface area contributed by atoms with Gasteiger partial charge in [0.1, 0.15) is 19.3 Å². The van der Waals surface area contributed by atoms with E-state index in [0.29, 0.717) is 5.56 Å². The lowest BCUT2D eigenvalue weighted by atomic mass is 10.1. The molecule has 0 radical (unpaired) electrons. The average Bonchev–Trinajstić information content (AvgIpc) is 2.82. The molecule has 0 aliphatic heterocycles. The zero-order chi connectivity index (χ0) is 21.9. The van der Waals surface area contributed by atoms with Gasteiger partial charge in [0.2, 0.25) is 0 Å². The molecule has 31 heavy (non-hydrogen) atoms. The van der Waals surface area contributed by atoms with Crippen molar-refractivity contribution in [2.45, 2.75) is 25.7 Å². The van der Waals surface area contributed by atoms with Crippen molar-refractivity contribution in [2.75, 3.05) is 0 Å². The number of ether oxygens (including phenoxy) is 2. The summed E-state index contributed by atoms with van der Waals surface area (Å²) in [4.78, 5) is 37.5. The van der Waals surface area contributed by atoms with Crippen LogP contribution in [0.2, 0.25) is 0 Å². The largest absolute Gasteiger partial charge is 0.461 e. The maximum atomic E-state index is 12.6. The highest BCUT2D eigenvalue weighted by atomic mass is 16.5. The van der Waals surface area contributed by atoms with Crippen LogP contribution >= 0.6 is 0 Å². The molecule has 158 valence electrons. The van der Waals surface area contributed by atoms with Crippen molar-refractivity contribution in [1.82, 2.24) is 5.32 Å². The van der Waals surface area contributed by atoms with E-state index in [-0.39, 0.29) is 19.6 Å². The Labute approximate surface area is 180 Å². The van der Waals surface area contributed by atoms with E-state index in [0.717, 1.165) is 11.1 Å². The third-order valence-corrected chi connectivity index (χ3v) is 4.46. The molecule has 0 heterocycles. The standard InChI is InChI=1S/C25H23NO5/c27-23(30-17-19-10-4-1-5-11-19)16-22(26-24(28)21-14-8-3-9-15-21)25(29)31-18-20-12-6-2-7-13-20/h1-15,22H,16-18H2,(H,26,28)/t22-/m0/s1. The van der Waals surface area contributed by atoms with Crippen molar-refractivity contribution >= 4 is 17.8 Å². The van der Waals surface area contributed by atoms with Gasteiger partial charge in [0.05, 0.1) is 6.42 Å². The minimum Gasteiger partial charge on any atom is -0.461 e. The van der Waals surface area contributed by atoms with Crippen LogP contribution in [0.5, 0.6) is 0 Å². The molecule has 1 atom stereocenters. The molecule has 0 bridgehead atoms. The summed E-state index contributed by atoms with van der Waals surface area (Å²) in [5, 5.41) is 2.58. The summed E-state index contributed by atoms with van der Waals surface area (Å²) in [5.41, 5.74) is 2.00. The highest BCUT2D eigenvalue weighted by Crippen LogP contribution is 2.08. The fourth-order valence-corrected chi connectivity index (χ4v) is 2.82. The average molecular weight is 417 g/mol. The lowest BCUT2D eigenvalue weighted by Crippen LogP contribution is -2.43. The molecule has 6 heteroatoms. The Bertz CT molecular complexity index is 990. The van der Waals surface area contributed by atoms with Gasteiger partial charge in [-0.2, -0.15) is 0 Å². The monoisotopic (exact) mass is 417 g/mol. The fourth-order valence-electron chi connectivity index (χ4n) is 2.82. The van der Waals surface area contributed by atoms with Crippen LogP contribution in [-0.2, 0) is 32.3 Å². The fraction of sp³-hybridized carbons (Fsp3) is 0.160. The van der Waals surface area contributed by atoms with Crippen molar-refractivity contribution in [3.63, 3.8) is 0 Å². The maximum absolute atomic E-state index is 12.6. The van der Waals surface area contributed by atoms with Gasteiger partial charge in [-0.15, -0.1) is 0 Å². The quantitative estimate of drug-likeness (QED) is 0.538. The third kappa shape index (κ3) is 7.12.